The van der Waals surface area contributed by atoms with Gasteiger partial charge in [-0.1, -0.05) is 20.1 Å². The van der Waals surface area contributed by atoms with E-state index < -0.39 is 0 Å². The molecule has 0 bridgehead atoms. The summed E-state index contributed by atoms with van der Waals surface area (Å²) in [7, 11) is 3.45. The molecule has 0 aliphatic rings. The molecule has 0 rings (SSSR count). The minimum absolute atomic E-state index is 0.828. The Morgan fingerprint density at radius 2 is 2.00 bits per heavy atom. The van der Waals surface area contributed by atoms with Gasteiger partial charge in [0.2, 0.25) is 0 Å². The summed E-state index contributed by atoms with van der Waals surface area (Å²) in [6, 6.07) is 0. The second-order valence-electron chi connectivity index (χ2n) is 3.43. The van der Waals surface area contributed by atoms with E-state index in [1.54, 1.807) is 0 Å². The van der Waals surface area contributed by atoms with Crippen molar-refractivity contribution < 1.29 is 0 Å². The van der Waals surface area contributed by atoms with Crippen molar-refractivity contribution in [3.63, 3.8) is 0 Å². The molecule has 0 spiro atoms. The zero-order chi connectivity index (χ0) is 8.69. The second-order valence-corrected chi connectivity index (χ2v) is 4.33. The lowest BCUT2D eigenvalue weighted by atomic mass is 10.1. The number of hydrogen-bond acceptors (Lipinski definition) is 1. The third kappa shape index (κ3) is 8.03. The van der Waals surface area contributed by atoms with E-state index in [0.29, 0.717) is 0 Å². The van der Waals surface area contributed by atoms with Crippen LogP contribution in [-0.2, 0) is 0 Å². The Bertz CT molecular complexity index is 102. The van der Waals surface area contributed by atoms with Crippen LogP contribution in [0.1, 0.15) is 20.3 Å². The summed E-state index contributed by atoms with van der Waals surface area (Å²) in [6.45, 7) is 6.96. The predicted octanol–water partition coefficient (Wildman–Crippen LogP) is 2.34. The van der Waals surface area contributed by atoms with Crippen molar-refractivity contribution >= 4 is 14.5 Å². The molecule has 0 heterocycles. The van der Waals surface area contributed by atoms with Crippen LogP contribution in [0.2, 0.25) is 0 Å². The van der Waals surface area contributed by atoms with E-state index in [1.807, 2.05) is 0 Å². The summed E-state index contributed by atoms with van der Waals surface area (Å²) in [5, 5.41) is 0. The average Bonchev–Trinajstić information content (AvgIpc) is 1.97. The average molecular weight is 173 g/mol. The molecule has 11 heavy (non-hydrogen) atoms. The first-order valence-corrected chi connectivity index (χ1v) is 5.54. The van der Waals surface area contributed by atoms with Crippen molar-refractivity contribution in [2.24, 2.45) is 5.92 Å². The fourth-order valence-electron chi connectivity index (χ4n) is 0.832. The van der Waals surface area contributed by atoms with Crippen molar-refractivity contribution in [1.82, 2.24) is 4.90 Å². The van der Waals surface area contributed by atoms with Gasteiger partial charge in [-0.05, 0) is 25.9 Å². The van der Waals surface area contributed by atoms with Gasteiger partial charge in [0, 0.05) is 12.7 Å². The van der Waals surface area contributed by atoms with Crippen LogP contribution in [-0.4, -0.2) is 37.5 Å². The Morgan fingerprint density at radius 3 is 2.45 bits per heavy atom. The summed E-state index contributed by atoms with van der Waals surface area (Å²) in [6.07, 6.45) is 6.31. The molecular weight excluding hydrogens is 153 g/mol. The molecule has 0 aliphatic carbocycles. The summed E-state index contributed by atoms with van der Waals surface area (Å²) >= 11 is 0. The van der Waals surface area contributed by atoms with Gasteiger partial charge in [0.1, 0.15) is 0 Å². The molecule has 66 valence electrons. The Hall–Kier alpha value is 0.130. The minimum Gasteiger partial charge on any atom is -0.306 e. The normalized spacial score (nSPS) is 11.7. The van der Waals surface area contributed by atoms with Crippen molar-refractivity contribution in [1.29, 1.82) is 0 Å². The summed E-state index contributed by atoms with van der Waals surface area (Å²) < 4.78 is 0. The predicted molar refractivity (Wildman–Crippen MR) is 55.9 cm³/mol. The lowest BCUT2D eigenvalue weighted by Gasteiger charge is -2.16. The van der Waals surface area contributed by atoms with E-state index in [1.165, 1.54) is 33.9 Å². The van der Waals surface area contributed by atoms with Crippen LogP contribution in [0.15, 0.2) is 0 Å². The van der Waals surface area contributed by atoms with Crippen LogP contribution in [0.5, 0.6) is 0 Å². The van der Waals surface area contributed by atoms with Gasteiger partial charge in [0.15, 0.2) is 0 Å². The lowest BCUT2D eigenvalue weighted by Crippen LogP contribution is -2.22. The summed E-state index contributed by atoms with van der Waals surface area (Å²) in [4.78, 5) is 2.39. The summed E-state index contributed by atoms with van der Waals surface area (Å²) in [5.74, 6) is 0.828. The van der Waals surface area contributed by atoms with Crippen molar-refractivity contribution in [3.8, 4) is 0 Å². The molecule has 0 fully saturated rings. The van der Waals surface area contributed by atoms with Crippen molar-refractivity contribution in [2.45, 2.75) is 20.3 Å². The van der Waals surface area contributed by atoms with Gasteiger partial charge in [-0.25, -0.2) is 0 Å². The maximum atomic E-state index is 3.80. The zero-order valence-corrected chi connectivity index (χ0v) is 8.90. The smallest absolute Gasteiger partial charge is 0.00540 e. The van der Waals surface area contributed by atoms with Crippen molar-refractivity contribution in [3.05, 3.63) is 0 Å². The Labute approximate surface area is 72.6 Å². The first-order valence-electron chi connectivity index (χ1n) is 4.28. The molecular formula is C9H20NP. The van der Waals surface area contributed by atoms with Gasteiger partial charge in [-0.2, -0.15) is 0 Å². The third-order valence-corrected chi connectivity index (χ3v) is 2.24. The van der Waals surface area contributed by atoms with E-state index in [0.717, 1.165) is 5.92 Å². The van der Waals surface area contributed by atoms with Crippen molar-refractivity contribution in [2.75, 3.05) is 26.3 Å². The molecule has 0 atom stereocenters. The molecule has 0 aliphatic heterocycles. The number of nitrogens with zero attached hydrogens (tertiary/aromatic N) is 1. The molecule has 0 saturated carbocycles. The summed E-state index contributed by atoms with van der Waals surface area (Å²) in [5.41, 5.74) is 0. The molecule has 0 aromatic carbocycles. The van der Waals surface area contributed by atoms with Gasteiger partial charge < -0.3 is 4.90 Å². The van der Waals surface area contributed by atoms with Crippen LogP contribution >= 0.6 is 8.20 Å². The molecule has 1 nitrogen and oxygen atoms in total. The van der Waals surface area contributed by atoms with Gasteiger partial charge in [-0.3, -0.25) is 0 Å². The maximum absolute atomic E-state index is 3.80. The van der Waals surface area contributed by atoms with Crippen LogP contribution in [0.4, 0.5) is 0 Å². The van der Waals surface area contributed by atoms with Gasteiger partial charge in [0.25, 0.3) is 0 Å². The van der Waals surface area contributed by atoms with Gasteiger partial charge in [-0.15, -0.1) is 8.20 Å². The first-order chi connectivity index (χ1) is 5.16. The quantitative estimate of drug-likeness (QED) is 0.557. The highest BCUT2D eigenvalue weighted by atomic mass is 31.1. The topological polar surface area (TPSA) is 3.24 Å². The standard InChI is InChI=1S/C9H20NP/c1-9(2)5-6-10(3)7-8-11-4/h9H,4-8H2,1-3H3. The molecule has 0 aromatic rings. The SMILES string of the molecule is C=PCCN(C)CCC(C)C. The van der Waals surface area contributed by atoms with Crippen LogP contribution in [0.25, 0.3) is 0 Å². The molecule has 0 N–H and O–H groups in total. The van der Waals surface area contributed by atoms with E-state index in [-0.39, 0.29) is 0 Å². The van der Waals surface area contributed by atoms with E-state index in [2.05, 4.69) is 32.1 Å². The van der Waals surface area contributed by atoms with Crippen LogP contribution < -0.4 is 0 Å². The highest BCUT2D eigenvalue weighted by molar-refractivity contribution is 7.36. The van der Waals surface area contributed by atoms with E-state index in [4.69, 9.17) is 0 Å². The first kappa shape index (κ1) is 11.1. The van der Waals surface area contributed by atoms with E-state index >= 15 is 0 Å². The minimum atomic E-state index is 0.828. The molecule has 0 amide bonds. The Kier molecular flexibility index (Phi) is 6.90. The van der Waals surface area contributed by atoms with Crippen LogP contribution in [0.3, 0.4) is 0 Å². The molecule has 2 heteroatoms. The third-order valence-electron chi connectivity index (χ3n) is 1.73. The van der Waals surface area contributed by atoms with Gasteiger partial charge >= 0.3 is 0 Å². The monoisotopic (exact) mass is 173 g/mol. The molecule has 0 unspecified atom stereocenters. The zero-order valence-electron chi connectivity index (χ0n) is 8.01. The lowest BCUT2D eigenvalue weighted by molar-refractivity contribution is 0.328. The second kappa shape index (κ2) is 6.82. The fourth-order valence-corrected chi connectivity index (χ4v) is 1.31. The van der Waals surface area contributed by atoms with E-state index in [9.17, 15) is 0 Å². The highest BCUT2D eigenvalue weighted by Crippen LogP contribution is 2.01. The Morgan fingerprint density at radius 1 is 1.36 bits per heavy atom. The largest absolute Gasteiger partial charge is 0.306 e. The molecule has 0 saturated heterocycles. The molecule has 0 radical (unpaired) electrons. The maximum Gasteiger partial charge on any atom is 0.00540 e. The van der Waals surface area contributed by atoms with Crippen LogP contribution in [0, 0.1) is 5.92 Å². The Balaban J connectivity index is 3.21. The number of rotatable bonds is 6. The number of hydrogen-bond donors (Lipinski definition) is 0. The highest BCUT2D eigenvalue weighted by Gasteiger charge is 1.98. The molecule has 0 aromatic heterocycles. The fraction of sp³-hybridized carbons (Fsp3) is 0.889. The van der Waals surface area contributed by atoms with Gasteiger partial charge in [0.05, 0.1) is 0 Å².